The smallest absolute Gasteiger partial charge is 0.349 e. The van der Waals surface area contributed by atoms with Crippen LogP contribution in [-0.2, 0) is 10.7 Å². The Hall–Kier alpha value is -3.43. The van der Waals surface area contributed by atoms with Gasteiger partial charge in [-0.15, -0.1) is 0 Å². The molecule has 3 aromatic carbocycles. The first kappa shape index (κ1) is 27.1. The number of rotatable bonds is 10. The minimum absolute atomic E-state index is 0.00976. The molecule has 2 fully saturated rings. The predicted octanol–water partition coefficient (Wildman–Crippen LogP) is 5.58. The average Bonchev–Trinajstić information content (AvgIpc) is 3.61. The molecule has 2 aliphatic rings. The largest absolute Gasteiger partial charge is 0.487 e. The fourth-order valence-electron chi connectivity index (χ4n) is 4.77. The maximum Gasteiger partial charge on any atom is 0.349 e. The third-order valence-corrected chi connectivity index (χ3v) is 7.18. The number of benzene rings is 3. The van der Waals surface area contributed by atoms with Crippen molar-refractivity contribution in [2.24, 2.45) is 0 Å². The normalized spacial score (nSPS) is 17.6. The molecule has 2 atom stereocenters. The molecular weight excluding hydrogens is 512 g/mol. The second-order valence-corrected chi connectivity index (χ2v) is 10.2. The standard InChI is InChI=1S/C30H30F4N2O3/c31-23-10-5-20(6-11-23)19-3-8-22(9-4-19)30(33,34)29(38)35-26(18-36-15-1-2-16-36)28(37)21-7-14-27(25(32)17-21)39-24-12-13-24/h3-11,14,17,24,26,28,37H,1-2,12-13,15-16,18H2,(H,35,38). The van der Waals surface area contributed by atoms with E-state index in [0.29, 0.717) is 24.2 Å². The third-order valence-electron chi connectivity index (χ3n) is 7.18. The van der Waals surface area contributed by atoms with Crippen molar-refractivity contribution in [1.29, 1.82) is 0 Å². The lowest BCUT2D eigenvalue weighted by Gasteiger charge is -2.30. The summed E-state index contributed by atoms with van der Waals surface area (Å²) in [5.41, 5.74) is 0.874. The summed E-state index contributed by atoms with van der Waals surface area (Å²) < 4.78 is 63.9. The Morgan fingerprint density at radius 1 is 0.974 bits per heavy atom. The van der Waals surface area contributed by atoms with Crippen LogP contribution in [0, 0.1) is 11.6 Å². The van der Waals surface area contributed by atoms with E-state index in [1.807, 2.05) is 4.90 Å². The zero-order valence-corrected chi connectivity index (χ0v) is 21.3. The van der Waals surface area contributed by atoms with E-state index in [9.17, 15) is 18.7 Å². The van der Waals surface area contributed by atoms with Gasteiger partial charge in [-0.1, -0.05) is 42.5 Å². The Labute approximate surface area is 224 Å². The van der Waals surface area contributed by atoms with Gasteiger partial charge >= 0.3 is 5.92 Å². The molecule has 2 N–H and O–H groups in total. The molecule has 0 bridgehead atoms. The van der Waals surface area contributed by atoms with E-state index in [0.717, 1.165) is 43.9 Å². The van der Waals surface area contributed by atoms with E-state index < -0.39 is 41.2 Å². The van der Waals surface area contributed by atoms with Crippen molar-refractivity contribution in [3.05, 3.63) is 89.5 Å². The molecule has 206 valence electrons. The monoisotopic (exact) mass is 542 g/mol. The fraction of sp³-hybridized carbons (Fsp3) is 0.367. The van der Waals surface area contributed by atoms with Crippen molar-refractivity contribution in [2.75, 3.05) is 19.6 Å². The summed E-state index contributed by atoms with van der Waals surface area (Å²) in [6.07, 6.45) is 2.14. The number of likely N-dealkylation sites (tertiary alicyclic amines) is 1. The summed E-state index contributed by atoms with van der Waals surface area (Å²) in [5.74, 6) is -6.44. The van der Waals surface area contributed by atoms with Crippen molar-refractivity contribution < 1.29 is 32.2 Å². The second kappa shape index (κ2) is 11.4. The number of aliphatic hydroxyl groups excluding tert-OH is 1. The first-order valence-corrected chi connectivity index (χ1v) is 13.1. The molecule has 9 heteroatoms. The van der Waals surface area contributed by atoms with Crippen LogP contribution in [-0.4, -0.2) is 47.7 Å². The summed E-state index contributed by atoms with van der Waals surface area (Å²) in [7, 11) is 0. The van der Waals surface area contributed by atoms with Crippen molar-refractivity contribution in [3.8, 4) is 16.9 Å². The molecule has 1 aliphatic heterocycles. The number of ether oxygens (including phenoxy) is 1. The number of amides is 1. The number of hydrogen-bond donors (Lipinski definition) is 2. The molecule has 5 nitrogen and oxygen atoms in total. The van der Waals surface area contributed by atoms with Gasteiger partial charge in [0, 0.05) is 12.1 Å². The van der Waals surface area contributed by atoms with Gasteiger partial charge in [0.05, 0.1) is 12.1 Å². The minimum Gasteiger partial charge on any atom is -0.487 e. The van der Waals surface area contributed by atoms with Crippen LogP contribution in [0.4, 0.5) is 17.6 Å². The second-order valence-electron chi connectivity index (χ2n) is 10.2. The lowest BCUT2D eigenvalue weighted by molar-refractivity contribution is -0.149. The summed E-state index contributed by atoms with van der Waals surface area (Å²) in [6.45, 7) is 1.56. The number of alkyl halides is 2. The molecule has 1 aliphatic carbocycles. The SMILES string of the molecule is O=C(NC(CN1CCCC1)C(O)c1ccc(OC2CC2)c(F)c1)C(F)(F)c1ccc(-c2ccc(F)cc2)cc1. The van der Waals surface area contributed by atoms with Crippen LogP contribution in [0.5, 0.6) is 5.75 Å². The van der Waals surface area contributed by atoms with Crippen molar-refractivity contribution in [3.63, 3.8) is 0 Å². The molecule has 0 aromatic heterocycles. The summed E-state index contributed by atoms with van der Waals surface area (Å²) in [4.78, 5) is 14.9. The Kier molecular flexibility index (Phi) is 7.91. The van der Waals surface area contributed by atoms with Gasteiger partial charge in [0.25, 0.3) is 5.91 Å². The van der Waals surface area contributed by atoms with Gasteiger partial charge in [-0.25, -0.2) is 8.78 Å². The highest BCUT2D eigenvalue weighted by Crippen LogP contribution is 2.33. The molecule has 1 saturated heterocycles. The zero-order chi connectivity index (χ0) is 27.6. The lowest BCUT2D eigenvalue weighted by atomic mass is 9.99. The molecule has 3 aromatic rings. The molecule has 1 amide bonds. The van der Waals surface area contributed by atoms with E-state index >= 15 is 8.78 Å². The van der Waals surface area contributed by atoms with Gasteiger partial charge in [0.1, 0.15) is 11.9 Å². The van der Waals surface area contributed by atoms with E-state index in [1.165, 1.54) is 48.5 Å². The van der Waals surface area contributed by atoms with Crippen LogP contribution < -0.4 is 10.1 Å². The van der Waals surface area contributed by atoms with Crippen molar-refractivity contribution >= 4 is 5.91 Å². The Balaban J connectivity index is 1.33. The Bertz CT molecular complexity index is 1290. The highest BCUT2D eigenvalue weighted by Gasteiger charge is 2.43. The summed E-state index contributed by atoms with van der Waals surface area (Å²) in [5, 5.41) is 13.4. The van der Waals surface area contributed by atoms with Crippen LogP contribution >= 0.6 is 0 Å². The number of nitrogens with zero attached hydrogens (tertiary/aromatic N) is 1. The first-order valence-electron chi connectivity index (χ1n) is 13.1. The molecular formula is C30H30F4N2O3. The lowest BCUT2D eigenvalue weighted by Crippen LogP contribution is -2.51. The number of halogens is 4. The number of aliphatic hydroxyl groups is 1. The molecule has 2 unspecified atom stereocenters. The van der Waals surface area contributed by atoms with Gasteiger partial charge < -0.3 is 20.1 Å². The summed E-state index contributed by atoms with van der Waals surface area (Å²) in [6, 6.07) is 13.7. The number of carbonyl (C=O) groups is 1. The van der Waals surface area contributed by atoms with Gasteiger partial charge in [-0.05, 0) is 79.7 Å². The van der Waals surface area contributed by atoms with E-state index in [1.54, 1.807) is 0 Å². The molecule has 39 heavy (non-hydrogen) atoms. The highest BCUT2D eigenvalue weighted by atomic mass is 19.3. The number of nitrogens with one attached hydrogen (secondary N) is 1. The minimum atomic E-state index is -3.89. The van der Waals surface area contributed by atoms with Crippen LogP contribution in [0.1, 0.15) is 42.9 Å². The van der Waals surface area contributed by atoms with E-state index in [4.69, 9.17) is 4.74 Å². The van der Waals surface area contributed by atoms with Crippen LogP contribution in [0.15, 0.2) is 66.7 Å². The Morgan fingerprint density at radius 3 is 2.18 bits per heavy atom. The topological polar surface area (TPSA) is 61.8 Å². The average molecular weight is 543 g/mol. The molecule has 0 spiro atoms. The molecule has 0 radical (unpaired) electrons. The maximum atomic E-state index is 15.3. The van der Waals surface area contributed by atoms with Crippen molar-refractivity contribution in [2.45, 2.75) is 49.9 Å². The van der Waals surface area contributed by atoms with Gasteiger partial charge in [0.2, 0.25) is 0 Å². The van der Waals surface area contributed by atoms with Gasteiger partial charge in [-0.3, -0.25) is 4.79 Å². The molecule has 5 rings (SSSR count). The fourth-order valence-corrected chi connectivity index (χ4v) is 4.77. The van der Waals surface area contributed by atoms with Gasteiger partial charge in [0.15, 0.2) is 11.6 Å². The zero-order valence-electron chi connectivity index (χ0n) is 21.3. The quantitative estimate of drug-likeness (QED) is 0.329. The maximum absolute atomic E-state index is 15.3. The van der Waals surface area contributed by atoms with Crippen LogP contribution in [0.2, 0.25) is 0 Å². The van der Waals surface area contributed by atoms with Crippen LogP contribution in [0.25, 0.3) is 11.1 Å². The predicted molar refractivity (Wildman–Crippen MR) is 138 cm³/mol. The molecule has 1 heterocycles. The highest BCUT2D eigenvalue weighted by molar-refractivity contribution is 5.85. The van der Waals surface area contributed by atoms with Crippen LogP contribution in [0.3, 0.4) is 0 Å². The van der Waals surface area contributed by atoms with E-state index in [2.05, 4.69) is 5.32 Å². The third kappa shape index (κ3) is 6.42. The number of hydrogen-bond acceptors (Lipinski definition) is 4. The number of carbonyl (C=O) groups excluding carboxylic acids is 1. The van der Waals surface area contributed by atoms with E-state index in [-0.39, 0.29) is 24.0 Å². The first-order chi connectivity index (χ1) is 18.7. The molecule has 1 saturated carbocycles. The summed E-state index contributed by atoms with van der Waals surface area (Å²) >= 11 is 0. The Morgan fingerprint density at radius 2 is 1.59 bits per heavy atom. The van der Waals surface area contributed by atoms with Gasteiger partial charge in [-0.2, -0.15) is 8.78 Å². The van der Waals surface area contributed by atoms with Crippen molar-refractivity contribution in [1.82, 2.24) is 10.2 Å².